The summed E-state index contributed by atoms with van der Waals surface area (Å²) in [5.41, 5.74) is 1.72. The Labute approximate surface area is 150 Å². The van der Waals surface area contributed by atoms with E-state index in [1.54, 1.807) is 13.0 Å². The molecule has 0 atom stereocenters. The minimum absolute atomic E-state index is 0.107. The standard InChI is InChI=1S/C18H19N3O5/c1-13-8-9-15(21(24)25)10-16(13)19-17(22)11-20(2)18(23)26-12-14-6-4-3-5-7-14/h3-10H,11-12H2,1-2H3,(H,19,22). The zero-order chi connectivity index (χ0) is 19.1. The minimum Gasteiger partial charge on any atom is -0.445 e. The third kappa shape index (κ3) is 5.30. The summed E-state index contributed by atoms with van der Waals surface area (Å²) >= 11 is 0. The van der Waals surface area contributed by atoms with Crippen LogP contribution in [-0.4, -0.2) is 35.4 Å². The predicted octanol–water partition coefficient (Wildman–Crippen LogP) is 3.11. The lowest BCUT2D eigenvalue weighted by Crippen LogP contribution is -2.35. The van der Waals surface area contributed by atoms with Crippen molar-refractivity contribution in [2.24, 2.45) is 0 Å². The average Bonchev–Trinajstić information content (AvgIpc) is 2.62. The van der Waals surface area contributed by atoms with E-state index in [4.69, 9.17) is 4.74 Å². The van der Waals surface area contributed by atoms with Gasteiger partial charge in [-0.3, -0.25) is 14.9 Å². The Morgan fingerprint density at radius 3 is 2.54 bits per heavy atom. The number of nitro benzene ring substituents is 1. The van der Waals surface area contributed by atoms with E-state index in [1.807, 2.05) is 30.3 Å². The molecular weight excluding hydrogens is 338 g/mol. The van der Waals surface area contributed by atoms with E-state index < -0.39 is 16.9 Å². The van der Waals surface area contributed by atoms with Gasteiger partial charge in [0.25, 0.3) is 5.69 Å². The van der Waals surface area contributed by atoms with E-state index in [9.17, 15) is 19.7 Å². The van der Waals surface area contributed by atoms with Crippen molar-refractivity contribution in [3.8, 4) is 0 Å². The van der Waals surface area contributed by atoms with Gasteiger partial charge in [0.2, 0.25) is 5.91 Å². The van der Waals surface area contributed by atoms with Crippen LogP contribution in [0, 0.1) is 17.0 Å². The number of aryl methyl sites for hydroxylation is 1. The fourth-order valence-electron chi connectivity index (χ4n) is 2.16. The Kier molecular flexibility index (Phi) is 6.26. The van der Waals surface area contributed by atoms with Gasteiger partial charge in [-0.2, -0.15) is 0 Å². The summed E-state index contributed by atoms with van der Waals surface area (Å²) in [6.07, 6.45) is -0.639. The first-order valence-electron chi connectivity index (χ1n) is 7.83. The average molecular weight is 357 g/mol. The molecule has 2 aromatic rings. The number of hydrogen-bond acceptors (Lipinski definition) is 5. The smallest absolute Gasteiger partial charge is 0.410 e. The fourth-order valence-corrected chi connectivity index (χ4v) is 2.16. The summed E-state index contributed by atoms with van der Waals surface area (Å²) in [7, 11) is 1.44. The lowest BCUT2D eigenvalue weighted by Gasteiger charge is -2.17. The number of anilines is 1. The molecule has 0 fully saturated rings. The summed E-state index contributed by atoms with van der Waals surface area (Å²) in [4.78, 5) is 35.5. The lowest BCUT2D eigenvalue weighted by atomic mass is 10.2. The first-order chi connectivity index (χ1) is 12.4. The summed E-state index contributed by atoms with van der Waals surface area (Å²) in [5, 5.41) is 13.4. The molecule has 2 rings (SSSR count). The molecule has 2 amide bonds. The molecule has 0 spiro atoms. The zero-order valence-corrected chi connectivity index (χ0v) is 14.5. The highest BCUT2D eigenvalue weighted by molar-refractivity contribution is 5.94. The molecule has 1 N–H and O–H groups in total. The van der Waals surface area contributed by atoms with E-state index in [-0.39, 0.29) is 18.8 Å². The van der Waals surface area contributed by atoms with Crippen LogP contribution in [0.1, 0.15) is 11.1 Å². The van der Waals surface area contributed by atoms with Gasteiger partial charge in [0.15, 0.2) is 0 Å². The summed E-state index contributed by atoms with van der Waals surface area (Å²) < 4.78 is 5.13. The lowest BCUT2D eigenvalue weighted by molar-refractivity contribution is -0.384. The van der Waals surface area contributed by atoms with Gasteiger partial charge >= 0.3 is 6.09 Å². The SMILES string of the molecule is Cc1ccc([N+](=O)[O-])cc1NC(=O)CN(C)C(=O)OCc1ccccc1. The third-order valence-electron chi connectivity index (χ3n) is 3.60. The van der Waals surface area contributed by atoms with E-state index in [0.717, 1.165) is 10.5 Å². The van der Waals surface area contributed by atoms with Gasteiger partial charge in [-0.15, -0.1) is 0 Å². The van der Waals surface area contributed by atoms with Crippen LogP contribution in [0.3, 0.4) is 0 Å². The van der Waals surface area contributed by atoms with Crippen molar-refractivity contribution < 1.29 is 19.2 Å². The highest BCUT2D eigenvalue weighted by atomic mass is 16.6. The number of nitrogens with zero attached hydrogens (tertiary/aromatic N) is 2. The molecule has 0 saturated carbocycles. The maximum absolute atomic E-state index is 12.1. The number of carbonyl (C=O) groups is 2. The molecule has 0 radical (unpaired) electrons. The number of carbonyl (C=O) groups excluding carboxylic acids is 2. The number of benzene rings is 2. The molecule has 0 heterocycles. The van der Waals surface area contributed by atoms with Crippen LogP contribution in [0.4, 0.5) is 16.2 Å². The number of ether oxygens (including phenoxy) is 1. The molecule has 8 nitrogen and oxygen atoms in total. The highest BCUT2D eigenvalue weighted by Gasteiger charge is 2.16. The molecule has 0 aliphatic carbocycles. The zero-order valence-electron chi connectivity index (χ0n) is 14.5. The van der Waals surface area contributed by atoms with Crippen molar-refractivity contribution in [3.63, 3.8) is 0 Å². The van der Waals surface area contributed by atoms with E-state index >= 15 is 0 Å². The number of nitrogens with one attached hydrogen (secondary N) is 1. The Balaban J connectivity index is 1.89. The molecule has 0 aliphatic heterocycles. The number of non-ortho nitro benzene ring substituents is 1. The molecule has 26 heavy (non-hydrogen) atoms. The predicted molar refractivity (Wildman–Crippen MR) is 95.7 cm³/mol. The fraction of sp³-hybridized carbons (Fsp3) is 0.222. The number of likely N-dealkylation sites (N-methyl/N-ethyl adjacent to an activating group) is 1. The summed E-state index contributed by atoms with van der Waals surface area (Å²) in [6.45, 7) is 1.59. The van der Waals surface area contributed by atoms with Crippen molar-refractivity contribution in [2.75, 3.05) is 18.9 Å². The Morgan fingerprint density at radius 2 is 1.88 bits per heavy atom. The molecule has 0 unspecified atom stereocenters. The normalized spacial score (nSPS) is 10.1. The highest BCUT2D eigenvalue weighted by Crippen LogP contribution is 2.21. The topological polar surface area (TPSA) is 102 Å². The van der Waals surface area contributed by atoms with E-state index in [2.05, 4.69) is 5.32 Å². The third-order valence-corrected chi connectivity index (χ3v) is 3.60. The number of nitro groups is 1. The second-order valence-electron chi connectivity index (χ2n) is 5.70. The first-order valence-corrected chi connectivity index (χ1v) is 7.83. The number of amides is 2. The van der Waals surface area contributed by atoms with Crippen LogP contribution in [0.15, 0.2) is 48.5 Å². The van der Waals surface area contributed by atoms with Crippen LogP contribution in [0.2, 0.25) is 0 Å². The molecule has 8 heteroatoms. The van der Waals surface area contributed by atoms with Crippen LogP contribution < -0.4 is 5.32 Å². The quantitative estimate of drug-likeness (QED) is 0.632. The minimum atomic E-state index is -0.639. The number of hydrogen-bond donors (Lipinski definition) is 1. The van der Waals surface area contributed by atoms with Crippen molar-refractivity contribution in [1.82, 2.24) is 4.90 Å². The van der Waals surface area contributed by atoms with Crippen LogP contribution >= 0.6 is 0 Å². The van der Waals surface area contributed by atoms with Gasteiger partial charge in [0.1, 0.15) is 13.2 Å². The Bertz CT molecular complexity index is 808. The van der Waals surface area contributed by atoms with Crippen molar-refractivity contribution in [3.05, 3.63) is 69.8 Å². The monoisotopic (exact) mass is 357 g/mol. The van der Waals surface area contributed by atoms with Crippen molar-refractivity contribution in [2.45, 2.75) is 13.5 Å². The van der Waals surface area contributed by atoms with Gasteiger partial charge < -0.3 is 15.0 Å². The van der Waals surface area contributed by atoms with Gasteiger partial charge in [0.05, 0.1) is 10.6 Å². The molecule has 0 aliphatic rings. The second-order valence-corrected chi connectivity index (χ2v) is 5.70. The maximum Gasteiger partial charge on any atom is 0.410 e. The second kappa shape index (κ2) is 8.61. The molecule has 2 aromatic carbocycles. The van der Waals surface area contributed by atoms with Gasteiger partial charge in [-0.05, 0) is 18.1 Å². The van der Waals surface area contributed by atoms with Crippen molar-refractivity contribution >= 4 is 23.4 Å². The first kappa shape index (κ1) is 18.9. The van der Waals surface area contributed by atoms with Gasteiger partial charge in [0, 0.05) is 19.2 Å². The molecular formula is C18H19N3O5. The largest absolute Gasteiger partial charge is 0.445 e. The maximum atomic E-state index is 12.1. The van der Waals surface area contributed by atoms with Gasteiger partial charge in [-0.1, -0.05) is 36.4 Å². The van der Waals surface area contributed by atoms with Gasteiger partial charge in [-0.25, -0.2) is 4.79 Å². The Hall–Kier alpha value is -3.42. The van der Waals surface area contributed by atoms with E-state index in [1.165, 1.54) is 19.2 Å². The van der Waals surface area contributed by atoms with Crippen molar-refractivity contribution in [1.29, 1.82) is 0 Å². The summed E-state index contributed by atoms with van der Waals surface area (Å²) in [5.74, 6) is -0.479. The van der Waals surface area contributed by atoms with Crippen LogP contribution in [-0.2, 0) is 16.1 Å². The van der Waals surface area contributed by atoms with Crippen LogP contribution in [0.5, 0.6) is 0 Å². The van der Waals surface area contributed by atoms with E-state index in [0.29, 0.717) is 11.3 Å². The molecule has 0 aromatic heterocycles. The molecule has 0 bridgehead atoms. The number of rotatable bonds is 6. The Morgan fingerprint density at radius 1 is 1.19 bits per heavy atom. The summed E-state index contributed by atoms with van der Waals surface area (Å²) in [6, 6.07) is 13.4. The van der Waals surface area contributed by atoms with Crippen LogP contribution in [0.25, 0.3) is 0 Å². The molecule has 136 valence electrons. The molecule has 0 saturated heterocycles.